The highest BCUT2D eigenvalue weighted by molar-refractivity contribution is 5.88. The molecule has 0 atom stereocenters. The van der Waals surface area contributed by atoms with Crippen LogP contribution < -0.4 is 0 Å². The van der Waals surface area contributed by atoms with Gasteiger partial charge in [-0.1, -0.05) is 12.8 Å². The zero-order valence-corrected chi connectivity index (χ0v) is 15.1. The van der Waals surface area contributed by atoms with E-state index in [1.807, 2.05) is 24.3 Å². The Kier molecular flexibility index (Phi) is 10.1. The van der Waals surface area contributed by atoms with Gasteiger partial charge in [-0.05, 0) is 19.8 Å². The predicted molar refractivity (Wildman–Crippen MR) is 97.5 cm³/mol. The highest BCUT2D eigenvalue weighted by Gasteiger charge is 2.09. The number of rotatable bonds is 12. The second kappa shape index (κ2) is 12.1. The molecule has 1 aliphatic carbocycles. The molecule has 5 nitrogen and oxygen atoms in total. The molecule has 1 N–H and O–H groups in total. The number of allylic oxidation sites excluding steroid dienone is 2. The van der Waals surface area contributed by atoms with Crippen LogP contribution in [0.4, 0.5) is 0 Å². The molecular weight excluding hydrogens is 320 g/mol. The fourth-order valence-electron chi connectivity index (χ4n) is 2.29. The van der Waals surface area contributed by atoms with Crippen LogP contribution in [0.3, 0.4) is 0 Å². The van der Waals surface area contributed by atoms with Crippen LogP contribution in [-0.2, 0) is 18.8 Å². The van der Waals surface area contributed by atoms with Crippen molar-refractivity contribution in [2.24, 2.45) is 0 Å². The lowest BCUT2D eigenvalue weighted by atomic mass is 9.99. The van der Waals surface area contributed by atoms with Crippen molar-refractivity contribution in [1.82, 2.24) is 0 Å². The Bertz CT molecular complexity index is 516. The van der Waals surface area contributed by atoms with Gasteiger partial charge in [-0.15, -0.1) is 5.92 Å². The van der Waals surface area contributed by atoms with Crippen LogP contribution in [0.5, 0.6) is 0 Å². The van der Waals surface area contributed by atoms with Crippen LogP contribution in [-0.4, -0.2) is 36.5 Å². The Morgan fingerprint density at radius 1 is 1.08 bits per heavy atom. The third-order valence-corrected chi connectivity index (χ3v) is 3.54. The first-order valence-electron chi connectivity index (χ1n) is 8.58. The van der Waals surface area contributed by atoms with Crippen LogP contribution in [0, 0.1) is 12.0 Å². The summed E-state index contributed by atoms with van der Waals surface area (Å²) in [6.07, 6.45) is 15.1. The van der Waals surface area contributed by atoms with Crippen molar-refractivity contribution in [3.05, 3.63) is 48.2 Å². The molecular formula is C20H28O5. The molecule has 5 heteroatoms. The van der Waals surface area contributed by atoms with Gasteiger partial charge in [-0.25, -0.2) is 16.6 Å². The Morgan fingerprint density at radius 2 is 1.72 bits per heavy atom. The van der Waals surface area contributed by atoms with E-state index in [2.05, 4.69) is 11.5 Å². The van der Waals surface area contributed by atoms with E-state index in [9.17, 15) is 9.59 Å². The Morgan fingerprint density at radius 3 is 2.32 bits per heavy atom. The summed E-state index contributed by atoms with van der Waals surface area (Å²) < 4.78 is 14.4. The van der Waals surface area contributed by atoms with Gasteiger partial charge in [0.25, 0.3) is 12.5 Å². The quantitative estimate of drug-likeness (QED) is 0.136. The van der Waals surface area contributed by atoms with E-state index in [1.165, 1.54) is 19.9 Å². The molecule has 1 aliphatic rings. The molecule has 138 valence electrons. The van der Waals surface area contributed by atoms with Crippen molar-refractivity contribution < 1.29 is 23.5 Å². The Balaban J connectivity index is 2.13. The van der Waals surface area contributed by atoms with Crippen molar-refractivity contribution in [1.29, 1.82) is 0 Å². The molecule has 0 aromatic rings. The number of hydrogen-bond acceptors (Lipinski definition) is 3. The van der Waals surface area contributed by atoms with Crippen molar-refractivity contribution in [2.75, 3.05) is 13.2 Å². The van der Waals surface area contributed by atoms with Gasteiger partial charge < -0.3 is 14.3 Å². The molecule has 0 unspecified atom stereocenters. The maximum absolute atomic E-state index is 11.1. The number of carbonyl (C=O) groups is 2. The maximum Gasteiger partial charge on any atom is 0.302 e. The number of esters is 1. The third kappa shape index (κ3) is 9.57. The summed E-state index contributed by atoms with van der Waals surface area (Å²) in [5.41, 5.74) is 0. The summed E-state index contributed by atoms with van der Waals surface area (Å²) in [6.45, 7) is 7.58. The molecule has 1 rings (SSSR count). The van der Waals surface area contributed by atoms with Gasteiger partial charge in [-0.2, -0.15) is 12.2 Å². The Hall–Kier alpha value is -2.27. The zero-order valence-electron chi connectivity index (χ0n) is 15.1. The lowest BCUT2D eigenvalue weighted by Crippen LogP contribution is -2.10. The first-order chi connectivity index (χ1) is 12.0. The van der Waals surface area contributed by atoms with Gasteiger partial charge in [-0.3, -0.25) is 4.79 Å². The molecule has 0 amide bonds. The molecule has 0 saturated heterocycles. The average Bonchev–Trinajstić information content (AvgIpc) is 2.58. The van der Waals surface area contributed by atoms with Crippen LogP contribution >= 0.6 is 0 Å². The number of unbranched alkanes of at least 4 members (excludes halogenated alkanes) is 4. The van der Waals surface area contributed by atoms with Crippen LogP contribution in [0.1, 0.15) is 46.0 Å². The SMILES string of the molecule is C=[O+]C(=CC(C)=O)[C-]1C=C[C-]([OH+]CCCCCCCOC(C)=O)C=C1. The van der Waals surface area contributed by atoms with E-state index in [-0.39, 0.29) is 11.8 Å². The number of aliphatic hydroxyl groups is 2. The number of ether oxygens (including phenoxy) is 2. The van der Waals surface area contributed by atoms with Gasteiger partial charge in [0.2, 0.25) is 0 Å². The second-order valence-electron chi connectivity index (χ2n) is 5.80. The molecule has 0 fully saturated rings. The topological polar surface area (TPSA) is 67.5 Å². The molecule has 0 bridgehead atoms. The van der Waals surface area contributed by atoms with Crippen LogP contribution in [0.25, 0.3) is 0 Å². The number of ketones is 1. The van der Waals surface area contributed by atoms with Crippen LogP contribution in [0.2, 0.25) is 0 Å². The van der Waals surface area contributed by atoms with E-state index >= 15 is 0 Å². The largest absolute Gasteiger partial charge is 0.466 e. The fourth-order valence-corrected chi connectivity index (χ4v) is 2.29. The van der Waals surface area contributed by atoms with Crippen molar-refractivity contribution in [3.63, 3.8) is 0 Å². The second-order valence-corrected chi connectivity index (χ2v) is 5.80. The summed E-state index contributed by atoms with van der Waals surface area (Å²) in [6, 6.07) is 0. The Labute approximate surface area is 150 Å². The predicted octanol–water partition coefficient (Wildman–Crippen LogP) is 3.10. The first-order valence-corrected chi connectivity index (χ1v) is 8.58. The summed E-state index contributed by atoms with van der Waals surface area (Å²) in [7, 11) is 0. The van der Waals surface area contributed by atoms with E-state index in [0.717, 1.165) is 50.7 Å². The highest BCUT2D eigenvalue weighted by Crippen LogP contribution is 2.23. The van der Waals surface area contributed by atoms with Crippen molar-refractivity contribution in [3.8, 4) is 0 Å². The van der Waals surface area contributed by atoms with Crippen LogP contribution in [0.15, 0.2) is 36.1 Å². The molecule has 25 heavy (non-hydrogen) atoms. The number of hydrogen-bond donors (Lipinski definition) is 0. The molecule has 0 aromatic carbocycles. The van der Waals surface area contributed by atoms with Gasteiger partial charge in [0.1, 0.15) is 12.4 Å². The average molecular weight is 348 g/mol. The third-order valence-electron chi connectivity index (χ3n) is 3.54. The fraction of sp³-hybridized carbons (Fsp3) is 0.450. The van der Waals surface area contributed by atoms with E-state index in [0.29, 0.717) is 12.4 Å². The minimum Gasteiger partial charge on any atom is -0.466 e. The molecule has 0 spiro atoms. The van der Waals surface area contributed by atoms with Crippen molar-refractivity contribution >= 4 is 18.5 Å². The summed E-state index contributed by atoms with van der Waals surface area (Å²) in [5.74, 6) is 0.959. The maximum atomic E-state index is 11.1. The van der Waals surface area contributed by atoms with Gasteiger partial charge in [0.05, 0.1) is 6.61 Å². The van der Waals surface area contributed by atoms with E-state index in [1.54, 1.807) is 0 Å². The lowest BCUT2D eigenvalue weighted by Gasteiger charge is -2.25. The summed E-state index contributed by atoms with van der Waals surface area (Å²) in [4.78, 5) is 21.8. The monoisotopic (exact) mass is 348 g/mol. The van der Waals surface area contributed by atoms with Gasteiger partial charge >= 0.3 is 5.97 Å². The van der Waals surface area contributed by atoms with Gasteiger partial charge in [0.15, 0.2) is 0 Å². The number of carbonyl (C=O) groups excluding carboxylic acids is 3. The van der Waals surface area contributed by atoms with Gasteiger partial charge in [0, 0.05) is 25.5 Å². The molecule has 0 aliphatic heterocycles. The molecule has 0 radical (unpaired) electrons. The summed E-state index contributed by atoms with van der Waals surface area (Å²) in [5, 5.41) is 0. The minimum atomic E-state index is -0.213. The lowest BCUT2D eigenvalue weighted by molar-refractivity contribution is -0.384. The standard InChI is InChI=1S/C20H28O5/c1-16(21)15-20(23-3)18-9-11-19(12-10-18)25-14-8-6-4-5-7-13-24-17(2)22/h9-12,15,25H,3-8,13-14H2,1-2H3. The van der Waals surface area contributed by atoms with E-state index in [4.69, 9.17) is 9.16 Å². The molecule has 0 aromatic heterocycles. The van der Waals surface area contributed by atoms with Crippen molar-refractivity contribution in [2.45, 2.75) is 46.0 Å². The first kappa shape index (κ1) is 20.8. The molecule has 0 saturated carbocycles. The smallest absolute Gasteiger partial charge is 0.302 e. The normalized spacial score (nSPS) is 13.9. The molecule has 0 heterocycles. The minimum absolute atomic E-state index is 0.0831. The zero-order chi connectivity index (χ0) is 18.5. The van der Waals surface area contributed by atoms with E-state index < -0.39 is 0 Å². The summed E-state index contributed by atoms with van der Waals surface area (Å²) >= 11 is 0. The highest BCUT2D eigenvalue weighted by atomic mass is 16.5.